The average molecular weight is 279 g/mol. The van der Waals surface area contributed by atoms with Gasteiger partial charge in [-0.15, -0.1) is 0 Å². The maximum atomic E-state index is 11.7. The number of amides is 1. The number of rotatable bonds is 8. The molecule has 1 unspecified atom stereocenters. The third-order valence-corrected chi connectivity index (χ3v) is 3.11. The van der Waals surface area contributed by atoms with Crippen molar-refractivity contribution in [3.8, 4) is 0 Å². The fourth-order valence-electron chi connectivity index (χ4n) is 1.89. The first-order valence-electron chi connectivity index (χ1n) is 6.80. The summed E-state index contributed by atoms with van der Waals surface area (Å²) in [7, 11) is 0. The lowest BCUT2D eigenvalue weighted by Crippen LogP contribution is -2.27. The number of carbonyl (C=O) groups excluding carboxylic acids is 1. The van der Waals surface area contributed by atoms with Gasteiger partial charge in [0.1, 0.15) is 0 Å². The molecule has 0 radical (unpaired) electrons. The van der Waals surface area contributed by atoms with Crippen LogP contribution in [-0.2, 0) is 11.2 Å². The molecule has 0 spiro atoms. The van der Waals surface area contributed by atoms with Gasteiger partial charge < -0.3 is 15.5 Å². The minimum absolute atomic E-state index is 0.0544. The van der Waals surface area contributed by atoms with E-state index in [-0.39, 0.29) is 24.0 Å². The predicted octanol–water partition coefficient (Wildman–Crippen LogP) is 1.59. The predicted molar refractivity (Wildman–Crippen MR) is 75.6 cm³/mol. The van der Waals surface area contributed by atoms with E-state index in [9.17, 15) is 14.7 Å². The third kappa shape index (κ3) is 5.40. The summed E-state index contributed by atoms with van der Waals surface area (Å²) in [5.74, 6) is -1.23. The Bertz CT molecular complexity index is 459. The number of hydrogen-bond donors (Lipinski definition) is 3. The van der Waals surface area contributed by atoms with Crippen LogP contribution in [0.3, 0.4) is 0 Å². The van der Waals surface area contributed by atoms with Gasteiger partial charge in [0.15, 0.2) is 0 Å². The lowest BCUT2D eigenvalue weighted by molar-refractivity contribution is -0.120. The van der Waals surface area contributed by atoms with Gasteiger partial charge in [-0.2, -0.15) is 0 Å². The van der Waals surface area contributed by atoms with Crippen LogP contribution in [0.1, 0.15) is 42.1 Å². The summed E-state index contributed by atoms with van der Waals surface area (Å²) in [5.41, 5.74) is 0.662. The van der Waals surface area contributed by atoms with Crippen molar-refractivity contribution >= 4 is 11.9 Å². The number of carboxylic acid groups (broad SMARTS) is 1. The number of benzene rings is 1. The van der Waals surface area contributed by atoms with Crippen molar-refractivity contribution in [1.82, 2.24) is 5.32 Å². The summed E-state index contributed by atoms with van der Waals surface area (Å²) < 4.78 is 0. The summed E-state index contributed by atoms with van der Waals surface area (Å²) in [5, 5.41) is 21.1. The van der Waals surface area contributed by atoms with Crippen molar-refractivity contribution in [2.75, 3.05) is 6.54 Å². The number of aliphatic hydroxyl groups excluding tert-OH is 1. The molecule has 1 aromatic carbocycles. The topological polar surface area (TPSA) is 86.6 Å². The van der Waals surface area contributed by atoms with Crippen LogP contribution in [0.2, 0.25) is 0 Å². The van der Waals surface area contributed by atoms with E-state index in [2.05, 4.69) is 5.32 Å². The Morgan fingerprint density at radius 1 is 1.30 bits per heavy atom. The minimum atomic E-state index is -1.03. The monoisotopic (exact) mass is 279 g/mol. The van der Waals surface area contributed by atoms with Gasteiger partial charge in [0.25, 0.3) is 0 Å². The Morgan fingerprint density at radius 3 is 2.65 bits per heavy atom. The number of hydrogen-bond acceptors (Lipinski definition) is 3. The highest BCUT2D eigenvalue weighted by Gasteiger charge is 2.12. The van der Waals surface area contributed by atoms with Crippen LogP contribution in [0, 0.1) is 0 Å². The lowest BCUT2D eigenvalue weighted by atomic mass is 10.0. The SMILES string of the molecule is CCC(O)CCCNC(=O)Cc1ccccc1C(=O)O. The van der Waals surface area contributed by atoms with Crippen molar-refractivity contribution in [3.05, 3.63) is 35.4 Å². The summed E-state index contributed by atoms with van der Waals surface area (Å²) in [6.07, 6.45) is 1.81. The second-order valence-corrected chi connectivity index (χ2v) is 4.69. The highest BCUT2D eigenvalue weighted by Crippen LogP contribution is 2.09. The third-order valence-electron chi connectivity index (χ3n) is 3.11. The minimum Gasteiger partial charge on any atom is -0.478 e. The van der Waals surface area contributed by atoms with Crippen LogP contribution >= 0.6 is 0 Å². The van der Waals surface area contributed by atoms with Crippen LogP contribution in [0.25, 0.3) is 0 Å². The average Bonchev–Trinajstić information content (AvgIpc) is 2.43. The molecule has 3 N–H and O–H groups in total. The molecule has 20 heavy (non-hydrogen) atoms. The molecule has 1 amide bonds. The molecular weight excluding hydrogens is 258 g/mol. The number of nitrogens with one attached hydrogen (secondary N) is 1. The molecule has 0 bridgehead atoms. The van der Waals surface area contributed by atoms with Crippen molar-refractivity contribution in [1.29, 1.82) is 0 Å². The lowest BCUT2D eigenvalue weighted by Gasteiger charge is -2.09. The first-order valence-corrected chi connectivity index (χ1v) is 6.80. The Hall–Kier alpha value is -1.88. The van der Waals surface area contributed by atoms with Gasteiger partial charge in [0, 0.05) is 6.54 Å². The summed E-state index contributed by atoms with van der Waals surface area (Å²) in [6.45, 7) is 2.40. The van der Waals surface area contributed by atoms with Crippen molar-refractivity contribution in [2.24, 2.45) is 0 Å². The zero-order valence-corrected chi connectivity index (χ0v) is 11.6. The van der Waals surface area contributed by atoms with Gasteiger partial charge in [-0.05, 0) is 30.9 Å². The van der Waals surface area contributed by atoms with E-state index in [1.165, 1.54) is 6.07 Å². The van der Waals surface area contributed by atoms with Crippen molar-refractivity contribution in [3.63, 3.8) is 0 Å². The van der Waals surface area contributed by atoms with Gasteiger partial charge >= 0.3 is 5.97 Å². The number of aromatic carboxylic acids is 1. The van der Waals surface area contributed by atoms with Gasteiger partial charge in [-0.3, -0.25) is 4.79 Å². The molecule has 5 nitrogen and oxygen atoms in total. The van der Waals surface area contributed by atoms with E-state index < -0.39 is 5.97 Å². The van der Waals surface area contributed by atoms with E-state index >= 15 is 0 Å². The summed E-state index contributed by atoms with van der Waals surface area (Å²) in [4.78, 5) is 22.7. The fraction of sp³-hybridized carbons (Fsp3) is 0.467. The van der Waals surface area contributed by atoms with E-state index in [4.69, 9.17) is 5.11 Å². The molecule has 0 saturated heterocycles. The zero-order chi connectivity index (χ0) is 15.0. The van der Waals surface area contributed by atoms with Gasteiger partial charge in [0.2, 0.25) is 5.91 Å². The molecule has 0 aliphatic rings. The van der Waals surface area contributed by atoms with Crippen LogP contribution in [-0.4, -0.2) is 34.7 Å². The van der Waals surface area contributed by atoms with Crippen LogP contribution in [0.4, 0.5) is 0 Å². The fourth-order valence-corrected chi connectivity index (χ4v) is 1.89. The number of carboxylic acids is 1. The molecule has 0 fully saturated rings. The molecule has 1 rings (SSSR count). The van der Waals surface area contributed by atoms with Crippen LogP contribution < -0.4 is 5.32 Å². The van der Waals surface area contributed by atoms with Gasteiger partial charge in [-0.25, -0.2) is 4.79 Å². The smallest absolute Gasteiger partial charge is 0.335 e. The van der Waals surface area contributed by atoms with E-state index in [0.717, 1.165) is 0 Å². The normalized spacial score (nSPS) is 11.9. The van der Waals surface area contributed by atoms with Crippen LogP contribution in [0.5, 0.6) is 0 Å². The Labute approximate surface area is 118 Å². The molecule has 110 valence electrons. The van der Waals surface area contributed by atoms with Gasteiger partial charge in [-0.1, -0.05) is 25.1 Å². The molecule has 0 aliphatic carbocycles. The summed E-state index contributed by atoms with van der Waals surface area (Å²) >= 11 is 0. The Balaban J connectivity index is 2.41. The zero-order valence-electron chi connectivity index (χ0n) is 11.6. The largest absolute Gasteiger partial charge is 0.478 e. The molecule has 0 heterocycles. The van der Waals surface area contributed by atoms with Crippen LogP contribution in [0.15, 0.2) is 24.3 Å². The number of carbonyl (C=O) groups is 2. The molecule has 0 saturated carbocycles. The van der Waals surface area contributed by atoms with E-state index in [0.29, 0.717) is 31.4 Å². The van der Waals surface area contributed by atoms with E-state index in [1.54, 1.807) is 18.2 Å². The maximum Gasteiger partial charge on any atom is 0.335 e. The quantitative estimate of drug-likeness (QED) is 0.631. The molecule has 0 aromatic heterocycles. The maximum absolute atomic E-state index is 11.7. The second kappa shape index (κ2) is 8.32. The second-order valence-electron chi connectivity index (χ2n) is 4.69. The van der Waals surface area contributed by atoms with E-state index in [1.807, 2.05) is 6.92 Å². The van der Waals surface area contributed by atoms with Crippen molar-refractivity contribution < 1.29 is 19.8 Å². The van der Waals surface area contributed by atoms with Gasteiger partial charge in [0.05, 0.1) is 18.1 Å². The molecular formula is C15H21NO4. The first-order chi connectivity index (χ1) is 9.54. The first kappa shape index (κ1) is 16.2. The Morgan fingerprint density at radius 2 is 2.00 bits per heavy atom. The molecule has 5 heteroatoms. The summed E-state index contributed by atoms with van der Waals surface area (Å²) in [6, 6.07) is 6.48. The number of aliphatic hydroxyl groups is 1. The molecule has 1 aromatic rings. The highest BCUT2D eigenvalue weighted by molar-refractivity contribution is 5.91. The molecule has 0 aliphatic heterocycles. The Kier molecular flexibility index (Phi) is 6.73. The van der Waals surface area contributed by atoms with Crippen molar-refractivity contribution in [2.45, 2.75) is 38.7 Å². The molecule has 1 atom stereocenters. The highest BCUT2D eigenvalue weighted by atomic mass is 16.4. The standard InChI is InChI=1S/C15H21NO4/c1-2-12(17)7-5-9-16-14(18)10-11-6-3-4-8-13(11)15(19)20/h3-4,6,8,12,17H,2,5,7,9-10H2,1H3,(H,16,18)(H,19,20).